The second kappa shape index (κ2) is 17.8. The third kappa shape index (κ3) is 8.45. The van der Waals surface area contributed by atoms with Crippen molar-refractivity contribution in [1.82, 2.24) is 49.8 Å². The molecule has 0 fully saturated rings. The minimum absolute atomic E-state index is 0.525. The Morgan fingerprint density at radius 3 is 0.727 bits per heavy atom. The Morgan fingerprint density at radius 1 is 0.197 bits per heavy atom. The van der Waals surface area contributed by atoms with Crippen molar-refractivity contribution in [3.05, 3.63) is 219 Å². The fraction of sp³-hybridized carbons (Fsp3) is 0. The fourth-order valence-corrected chi connectivity index (χ4v) is 7.62. The molecule has 0 bridgehead atoms. The van der Waals surface area contributed by atoms with Crippen LogP contribution in [0.3, 0.4) is 0 Å². The molecule has 0 unspecified atom stereocenters. The van der Waals surface area contributed by atoms with Gasteiger partial charge in [0.2, 0.25) is 0 Å². The second-order valence-electron chi connectivity index (χ2n) is 15.4. The van der Waals surface area contributed by atoms with Crippen molar-refractivity contribution in [2.75, 3.05) is 0 Å². The van der Waals surface area contributed by atoms with E-state index in [-0.39, 0.29) is 0 Å². The number of benzene rings is 5. The molecule has 66 heavy (non-hydrogen) atoms. The zero-order chi connectivity index (χ0) is 44.1. The minimum atomic E-state index is 0.525. The van der Waals surface area contributed by atoms with Crippen LogP contribution in [0.1, 0.15) is 0 Å². The molecular weight excluding hydrogens is 813 g/mol. The highest BCUT2D eigenvalue weighted by Gasteiger charge is 2.18. The van der Waals surface area contributed by atoms with E-state index in [4.69, 9.17) is 39.9 Å². The predicted molar refractivity (Wildman–Crippen MR) is 259 cm³/mol. The van der Waals surface area contributed by atoms with E-state index in [9.17, 15) is 0 Å². The summed E-state index contributed by atoms with van der Waals surface area (Å²) in [6.07, 6.45) is 7.02. The maximum Gasteiger partial charge on any atom is 0.162 e. The van der Waals surface area contributed by atoms with E-state index < -0.39 is 0 Å². The van der Waals surface area contributed by atoms with E-state index in [0.29, 0.717) is 57.5 Å². The molecule has 0 aliphatic rings. The summed E-state index contributed by atoms with van der Waals surface area (Å²) in [6, 6.07) is 64.0. The molecule has 0 aliphatic carbocycles. The lowest BCUT2D eigenvalue weighted by Gasteiger charge is -2.13. The number of rotatable bonds is 10. The average Bonchev–Trinajstić information content (AvgIpc) is 3.42. The van der Waals surface area contributed by atoms with Gasteiger partial charge in [-0.2, -0.15) is 0 Å². The molecular formula is C56H36N10. The Morgan fingerprint density at radius 2 is 0.439 bits per heavy atom. The smallest absolute Gasteiger partial charge is 0.162 e. The molecule has 0 amide bonds. The summed E-state index contributed by atoms with van der Waals surface area (Å²) in [7, 11) is 0. The summed E-state index contributed by atoms with van der Waals surface area (Å²) in [6.45, 7) is 0. The molecule has 0 saturated carbocycles. The first-order valence-corrected chi connectivity index (χ1v) is 21.4. The number of aromatic nitrogens is 10. The van der Waals surface area contributed by atoms with Crippen molar-refractivity contribution >= 4 is 0 Å². The van der Waals surface area contributed by atoms with Crippen LogP contribution in [0, 0.1) is 0 Å². The van der Waals surface area contributed by atoms with Crippen LogP contribution < -0.4 is 0 Å². The van der Waals surface area contributed by atoms with Crippen LogP contribution in [-0.4, -0.2) is 49.8 Å². The van der Waals surface area contributed by atoms with Gasteiger partial charge < -0.3 is 0 Å². The standard InChI is InChI=1S/C56H36N10/c1-5-15-37(16-6-1)45-31-49(63-53(59-45)41-19-9-3-10-20-41)51-33-47(61-55(65-51)43-23-13-29-57-35-43)39-25-27-40(28-26-39)48-34-52(66-56(62-48)44-24-14-30-58-36-44)50-32-46(38-17-7-2-8-18-38)60-54(64-50)42-21-11-4-12-22-42/h1-36H. The van der Waals surface area contributed by atoms with E-state index in [1.54, 1.807) is 24.8 Å². The van der Waals surface area contributed by atoms with Gasteiger partial charge in [-0.1, -0.05) is 146 Å². The molecule has 11 rings (SSSR count). The number of pyridine rings is 2. The maximum atomic E-state index is 5.10. The Hall–Kier alpha value is -9.28. The van der Waals surface area contributed by atoms with Crippen LogP contribution in [0.15, 0.2) is 219 Å². The van der Waals surface area contributed by atoms with Gasteiger partial charge in [0.15, 0.2) is 23.3 Å². The summed E-state index contributed by atoms with van der Waals surface area (Å²) in [5, 5.41) is 0. The van der Waals surface area contributed by atoms with E-state index in [1.165, 1.54) is 0 Å². The molecule has 6 aromatic heterocycles. The molecule has 5 aromatic carbocycles. The van der Waals surface area contributed by atoms with Crippen LogP contribution in [0.25, 0.3) is 113 Å². The second-order valence-corrected chi connectivity index (χ2v) is 15.4. The molecule has 0 saturated heterocycles. The normalized spacial score (nSPS) is 11.0. The van der Waals surface area contributed by atoms with Crippen LogP contribution in [0.5, 0.6) is 0 Å². The van der Waals surface area contributed by atoms with E-state index in [0.717, 1.165) is 55.9 Å². The van der Waals surface area contributed by atoms with Crippen molar-refractivity contribution in [2.24, 2.45) is 0 Å². The van der Waals surface area contributed by atoms with Crippen molar-refractivity contribution in [2.45, 2.75) is 0 Å². The monoisotopic (exact) mass is 848 g/mol. The Labute approximate surface area is 380 Å². The lowest BCUT2D eigenvalue weighted by molar-refractivity contribution is 1.13. The highest BCUT2D eigenvalue weighted by atomic mass is 15.0. The molecule has 6 heterocycles. The molecule has 10 heteroatoms. The molecule has 0 radical (unpaired) electrons. The minimum Gasteiger partial charge on any atom is -0.264 e. The number of hydrogen-bond donors (Lipinski definition) is 0. The van der Waals surface area contributed by atoms with Gasteiger partial charge in [-0.25, -0.2) is 39.9 Å². The Balaban J connectivity index is 1.03. The number of hydrogen-bond acceptors (Lipinski definition) is 10. The topological polar surface area (TPSA) is 129 Å². The van der Waals surface area contributed by atoms with Crippen LogP contribution >= 0.6 is 0 Å². The van der Waals surface area contributed by atoms with Crippen molar-refractivity contribution in [3.8, 4) is 113 Å². The molecule has 310 valence electrons. The van der Waals surface area contributed by atoms with Gasteiger partial charge >= 0.3 is 0 Å². The molecule has 0 atom stereocenters. The highest BCUT2D eigenvalue weighted by Crippen LogP contribution is 2.34. The fourth-order valence-electron chi connectivity index (χ4n) is 7.62. The summed E-state index contributed by atoms with van der Waals surface area (Å²) < 4.78 is 0. The van der Waals surface area contributed by atoms with Crippen molar-refractivity contribution in [1.29, 1.82) is 0 Å². The summed E-state index contributed by atoms with van der Waals surface area (Å²) >= 11 is 0. The van der Waals surface area contributed by atoms with E-state index in [1.807, 2.05) is 170 Å². The first-order chi connectivity index (χ1) is 32.7. The van der Waals surface area contributed by atoms with Gasteiger partial charge in [0, 0.05) is 69.3 Å². The van der Waals surface area contributed by atoms with Gasteiger partial charge in [-0.3, -0.25) is 9.97 Å². The summed E-state index contributed by atoms with van der Waals surface area (Å²) in [5.74, 6) is 2.25. The van der Waals surface area contributed by atoms with Gasteiger partial charge in [-0.05, 0) is 48.5 Å². The Bertz CT molecular complexity index is 3090. The van der Waals surface area contributed by atoms with Crippen molar-refractivity contribution < 1.29 is 0 Å². The number of nitrogens with zero attached hydrogens (tertiary/aromatic N) is 10. The summed E-state index contributed by atoms with van der Waals surface area (Å²) in [4.78, 5) is 49.3. The lowest BCUT2D eigenvalue weighted by Crippen LogP contribution is -2.01. The van der Waals surface area contributed by atoms with Crippen LogP contribution in [0.2, 0.25) is 0 Å². The molecule has 0 aliphatic heterocycles. The van der Waals surface area contributed by atoms with Gasteiger partial charge in [-0.15, -0.1) is 0 Å². The zero-order valence-electron chi connectivity index (χ0n) is 35.3. The third-order valence-electron chi connectivity index (χ3n) is 10.9. The van der Waals surface area contributed by atoms with Gasteiger partial charge in [0.25, 0.3) is 0 Å². The zero-order valence-corrected chi connectivity index (χ0v) is 35.3. The molecule has 10 nitrogen and oxygen atoms in total. The first-order valence-electron chi connectivity index (χ1n) is 21.4. The third-order valence-corrected chi connectivity index (χ3v) is 10.9. The summed E-state index contributed by atoms with van der Waals surface area (Å²) in [5.41, 5.74) is 12.7. The van der Waals surface area contributed by atoms with Crippen LogP contribution in [-0.2, 0) is 0 Å². The largest absolute Gasteiger partial charge is 0.264 e. The molecule has 0 N–H and O–H groups in total. The first kappa shape index (κ1) is 39.6. The SMILES string of the molecule is c1ccc(-c2cc(-c3cc(-c4ccc(-c5cc(-c6cc(-c7ccccc7)nc(-c7ccccc7)n6)nc(-c6cccnc6)n5)cc4)nc(-c4cccnc4)n3)nc(-c3ccccc3)n2)cc1. The highest BCUT2D eigenvalue weighted by molar-refractivity contribution is 5.78. The van der Waals surface area contributed by atoms with Crippen molar-refractivity contribution in [3.63, 3.8) is 0 Å². The molecule has 0 spiro atoms. The van der Waals surface area contributed by atoms with E-state index in [2.05, 4.69) is 34.2 Å². The average molecular weight is 849 g/mol. The van der Waals surface area contributed by atoms with Crippen LogP contribution in [0.4, 0.5) is 0 Å². The van der Waals surface area contributed by atoms with Gasteiger partial charge in [0.1, 0.15) is 0 Å². The lowest BCUT2D eigenvalue weighted by atomic mass is 10.0. The predicted octanol–water partition coefficient (Wildman–Crippen LogP) is 12.3. The maximum absolute atomic E-state index is 5.10. The van der Waals surface area contributed by atoms with Gasteiger partial charge in [0.05, 0.1) is 45.6 Å². The quantitative estimate of drug-likeness (QED) is 0.131. The van der Waals surface area contributed by atoms with E-state index >= 15 is 0 Å². The Kier molecular flexibility index (Phi) is 10.7. The molecule has 11 aromatic rings.